The van der Waals surface area contributed by atoms with Crippen LogP contribution in [0.2, 0.25) is 5.02 Å². The van der Waals surface area contributed by atoms with Crippen molar-refractivity contribution < 1.29 is 9.47 Å². The third-order valence-corrected chi connectivity index (χ3v) is 4.45. The molecule has 0 aliphatic heterocycles. The van der Waals surface area contributed by atoms with Crippen molar-refractivity contribution in [3.63, 3.8) is 0 Å². The number of hydrogen-bond acceptors (Lipinski definition) is 3. The summed E-state index contributed by atoms with van der Waals surface area (Å²) in [7, 11) is 1.63. The Kier molecular flexibility index (Phi) is 8.57. The van der Waals surface area contributed by atoms with Crippen molar-refractivity contribution in [2.24, 2.45) is 0 Å². The molecule has 1 N–H and O–H groups in total. The molecule has 0 radical (unpaired) electrons. The maximum Gasteiger partial charge on any atom is 0.180 e. The first kappa shape index (κ1) is 21.6. The normalized spacial score (nSPS) is 10.9. The minimum Gasteiger partial charge on any atom is -0.493 e. The molecular weight excluding hydrogens is 357 g/mol. The lowest BCUT2D eigenvalue weighted by Crippen LogP contribution is -2.37. The number of rotatable bonds is 8. The molecule has 0 saturated carbocycles. The first-order chi connectivity index (χ1) is 11.4. The van der Waals surface area contributed by atoms with Crippen LogP contribution >= 0.6 is 24.0 Å². The van der Waals surface area contributed by atoms with Gasteiger partial charge in [-0.15, -0.1) is 12.4 Å². The van der Waals surface area contributed by atoms with Crippen LogP contribution in [0.4, 0.5) is 0 Å². The van der Waals surface area contributed by atoms with E-state index in [9.17, 15) is 0 Å². The van der Waals surface area contributed by atoms with Gasteiger partial charge in [0.2, 0.25) is 0 Å². The van der Waals surface area contributed by atoms with Crippen LogP contribution in [0.5, 0.6) is 11.5 Å². The summed E-state index contributed by atoms with van der Waals surface area (Å²) in [5.74, 6) is 1.24. The van der Waals surface area contributed by atoms with E-state index in [1.165, 1.54) is 0 Å². The van der Waals surface area contributed by atoms with Gasteiger partial charge in [0.05, 0.1) is 12.1 Å². The molecule has 2 rings (SSSR count). The zero-order chi connectivity index (χ0) is 17.6. The molecule has 0 heterocycles. The van der Waals surface area contributed by atoms with Crippen LogP contribution in [0.3, 0.4) is 0 Å². The van der Waals surface area contributed by atoms with Gasteiger partial charge >= 0.3 is 0 Å². The van der Waals surface area contributed by atoms with Gasteiger partial charge in [0.15, 0.2) is 11.5 Å². The number of methoxy groups -OCH3 is 1. The van der Waals surface area contributed by atoms with E-state index < -0.39 is 0 Å². The van der Waals surface area contributed by atoms with Crippen LogP contribution in [0.25, 0.3) is 0 Å². The van der Waals surface area contributed by atoms with Crippen molar-refractivity contribution in [3.05, 3.63) is 58.6 Å². The summed E-state index contributed by atoms with van der Waals surface area (Å²) in [4.78, 5) is 0. The predicted octanol–water partition coefficient (Wildman–Crippen LogP) is 5.63. The Hall–Kier alpha value is -1.42. The monoisotopic (exact) mass is 383 g/mol. The van der Waals surface area contributed by atoms with Crippen molar-refractivity contribution in [2.75, 3.05) is 7.11 Å². The highest BCUT2D eigenvalue weighted by atomic mass is 35.5. The largest absolute Gasteiger partial charge is 0.493 e. The van der Waals surface area contributed by atoms with E-state index in [0.29, 0.717) is 23.1 Å². The molecule has 0 amide bonds. The topological polar surface area (TPSA) is 30.5 Å². The van der Waals surface area contributed by atoms with Crippen LogP contribution in [0.15, 0.2) is 42.5 Å². The standard InChI is InChI=1S/C20H26ClNO2.ClH/c1-5-20(2,3)22-13-16-11-17(21)19(18(12-16)23-4)24-14-15-9-7-6-8-10-15;/h6-12,22H,5,13-14H2,1-4H3;1H. The first-order valence-corrected chi connectivity index (χ1v) is 8.61. The van der Waals surface area contributed by atoms with E-state index in [2.05, 4.69) is 26.1 Å². The molecule has 0 bridgehead atoms. The van der Waals surface area contributed by atoms with Gasteiger partial charge in [-0.2, -0.15) is 0 Å². The van der Waals surface area contributed by atoms with Crippen molar-refractivity contribution in [1.29, 1.82) is 0 Å². The summed E-state index contributed by atoms with van der Waals surface area (Å²) in [6, 6.07) is 13.9. The molecule has 0 fully saturated rings. The molecular formula is C20H27Cl2NO2. The van der Waals surface area contributed by atoms with Gasteiger partial charge in [-0.3, -0.25) is 0 Å². The number of hydrogen-bond donors (Lipinski definition) is 1. The lowest BCUT2D eigenvalue weighted by molar-refractivity contribution is 0.284. The minimum absolute atomic E-state index is 0. The average Bonchev–Trinajstić information content (AvgIpc) is 2.59. The van der Waals surface area contributed by atoms with Crippen LogP contribution in [0.1, 0.15) is 38.3 Å². The molecule has 2 aromatic carbocycles. The highest BCUT2D eigenvalue weighted by Crippen LogP contribution is 2.37. The summed E-state index contributed by atoms with van der Waals surface area (Å²) in [5, 5.41) is 4.09. The molecule has 2 aromatic rings. The maximum absolute atomic E-state index is 6.43. The summed E-state index contributed by atoms with van der Waals surface area (Å²) >= 11 is 6.43. The van der Waals surface area contributed by atoms with Gasteiger partial charge in [-0.05, 0) is 43.5 Å². The number of benzene rings is 2. The highest BCUT2D eigenvalue weighted by Gasteiger charge is 2.16. The SMILES string of the molecule is CCC(C)(C)NCc1cc(Cl)c(OCc2ccccc2)c(OC)c1.Cl. The van der Waals surface area contributed by atoms with E-state index in [-0.39, 0.29) is 17.9 Å². The zero-order valence-corrected chi connectivity index (χ0v) is 16.8. The van der Waals surface area contributed by atoms with Crippen molar-refractivity contribution in [3.8, 4) is 11.5 Å². The lowest BCUT2D eigenvalue weighted by Gasteiger charge is -2.25. The van der Waals surface area contributed by atoms with E-state index >= 15 is 0 Å². The fraction of sp³-hybridized carbons (Fsp3) is 0.400. The quantitative estimate of drug-likeness (QED) is 0.640. The van der Waals surface area contributed by atoms with Crippen molar-refractivity contribution in [2.45, 2.75) is 45.9 Å². The Morgan fingerprint density at radius 2 is 1.76 bits per heavy atom. The third kappa shape index (κ3) is 6.43. The second kappa shape index (κ2) is 9.91. The zero-order valence-electron chi connectivity index (χ0n) is 15.3. The lowest BCUT2D eigenvalue weighted by atomic mass is 10.0. The summed E-state index contributed by atoms with van der Waals surface area (Å²) in [6.45, 7) is 7.72. The van der Waals surface area contributed by atoms with Gasteiger partial charge < -0.3 is 14.8 Å². The van der Waals surface area contributed by atoms with Gasteiger partial charge in [0.25, 0.3) is 0 Å². The van der Waals surface area contributed by atoms with E-state index in [0.717, 1.165) is 24.1 Å². The van der Waals surface area contributed by atoms with Gasteiger partial charge in [0, 0.05) is 12.1 Å². The molecule has 0 aliphatic carbocycles. The Labute approximate surface area is 162 Å². The van der Waals surface area contributed by atoms with E-state index in [1.807, 2.05) is 42.5 Å². The van der Waals surface area contributed by atoms with E-state index in [4.69, 9.17) is 21.1 Å². The summed E-state index contributed by atoms with van der Waals surface area (Å²) in [6.07, 6.45) is 1.05. The van der Waals surface area contributed by atoms with Crippen LogP contribution in [-0.4, -0.2) is 12.6 Å². The second-order valence-corrected chi connectivity index (χ2v) is 6.88. The summed E-state index contributed by atoms with van der Waals surface area (Å²) in [5.41, 5.74) is 2.25. The summed E-state index contributed by atoms with van der Waals surface area (Å²) < 4.78 is 11.4. The average molecular weight is 384 g/mol. The van der Waals surface area contributed by atoms with E-state index in [1.54, 1.807) is 7.11 Å². The Balaban J connectivity index is 0.00000312. The molecule has 0 unspecified atom stereocenters. The van der Waals surface area contributed by atoms with Crippen LogP contribution < -0.4 is 14.8 Å². The van der Waals surface area contributed by atoms with Crippen molar-refractivity contribution in [1.82, 2.24) is 5.32 Å². The molecule has 0 aliphatic rings. The van der Waals surface area contributed by atoms with Crippen molar-refractivity contribution >= 4 is 24.0 Å². The van der Waals surface area contributed by atoms with Crippen LogP contribution in [-0.2, 0) is 13.2 Å². The first-order valence-electron chi connectivity index (χ1n) is 8.23. The second-order valence-electron chi connectivity index (χ2n) is 6.47. The number of ether oxygens (including phenoxy) is 2. The Bertz CT molecular complexity index is 660. The number of halogens is 2. The van der Waals surface area contributed by atoms with Gasteiger partial charge in [-0.1, -0.05) is 48.9 Å². The fourth-order valence-electron chi connectivity index (χ4n) is 2.21. The Morgan fingerprint density at radius 1 is 1.08 bits per heavy atom. The molecule has 5 heteroatoms. The molecule has 138 valence electrons. The minimum atomic E-state index is 0. The third-order valence-electron chi connectivity index (χ3n) is 4.17. The van der Waals surface area contributed by atoms with Gasteiger partial charge in [-0.25, -0.2) is 0 Å². The molecule has 0 atom stereocenters. The molecule has 0 spiro atoms. The molecule has 0 aromatic heterocycles. The molecule has 25 heavy (non-hydrogen) atoms. The van der Waals surface area contributed by atoms with Gasteiger partial charge in [0.1, 0.15) is 6.61 Å². The van der Waals surface area contributed by atoms with Crippen LogP contribution in [0, 0.1) is 0 Å². The fourth-order valence-corrected chi connectivity index (χ4v) is 2.50. The predicted molar refractivity (Wildman–Crippen MR) is 107 cm³/mol. The highest BCUT2D eigenvalue weighted by molar-refractivity contribution is 6.32. The smallest absolute Gasteiger partial charge is 0.180 e. The molecule has 3 nitrogen and oxygen atoms in total. The Morgan fingerprint density at radius 3 is 2.36 bits per heavy atom. The number of nitrogens with one attached hydrogen (secondary N) is 1. The molecule has 0 saturated heterocycles. The maximum atomic E-state index is 6.43.